The molecular weight excluding hydrogens is 750 g/mol. The number of nitrogens with zero attached hydrogens (tertiary/aromatic N) is 2. The number of aliphatic hydroxyl groups excluding tert-OH is 2. The van der Waals surface area contributed by atoms with Gasteiger partial charge < -0.3 is 39.0 Å². The van der Waals surface area contributed by atoms with Crippen LogP contribution in [0.1, 0.15) is 55.8 Å². The lowest BCUT2D eigenvalue weighted by molar-refractivity contribution is -0.0752. The van der Waals surface area contributed by atoms with E-state index in [2.05, 4.69) is 0 Å². The number of carbonyl (C=O) groups excluding carboxylic acids is 2. The fraction of sp³-hybridized carbons (Fsp3) is 0.350. The van der Waals surface area contributed by atoms with Crippen molar-refractivity contribution < 1.29 is 65.1 Å². The van der Waals surface area contributed by atoms with E-state index in [0.717, 1.165) is 0 Å². The van der Waals surface area contributed by atoms with Crippen LogP contribution in [-0.2, 0) is 35.7 Å². The van der Waals surface area contributed by atoms with Crippen LogP contribution in [0.2, 0.25) is 0 Å². The molecule has 8 rings (SSSR count). The van der Waals surface area contributed by atoms with E-state index in [1.54, 1.807) is 36.4 Å². The number of fused-ring (bicyclic) bond motifs is 2. The van der Waals surface area contributed by atoms with Crippen molar-refractivity contribution in [1.82, 2.24) is 9.80 Å². The van der Waals surface area contributed by atoms with E-state index in [4.69, 9.17) is 18.9 Å². The van der Waals surface area contributed by atoms with Gasteiger partial charge in [-0.15, -0.1) is 0 Å². The Labute approximate surface area is 316 Å². The third-order valence-corrected chi connectivity index (χ3v) is 9.94. The van der Waals surface area contributed by atoms with Crippen molar-refractivity contribution >= 4 is 11.8 Å². The summed E-state index contributed by atoms with van der Waals surface area (Å²) in [5.41, 5.74) is 1.20. The molecule has 0 radical (unpaired) electrons. The van der Waals surface area contributed by atoms with Crippen molar-refractivity contribution in [1.29, 1.82) is 0 Å². The smallest absolute Gasteiger partial charge is 0.258 e. The first-order valence-corrected chi connectivity index (χ1v) is 17.8. The minimum Gasteiger partial charge on any atom is -0.487 e. The van der Waals surface area contributed by atoms with Gasteiger partial charge in [-0.3, -0.25) is 9.59 Å². The second-order valence-electron chi connectivity index (χ2n) is 13.8. The number of aliphatic hydroxyl groups is 2. The van der Waals surface area contributed by atoms with E-state index >= 15 is 0 Å². The molecule has 0 unspecified atom stereocenters. The van der Waals surface area contributed by atoms with Crippen LogP contribution in [0, 0.1) is 34.9 Å². The molecule has 0 saturated carbocycles. The van der Waals surface area contributed by atoms with Gasteiger partial charge in [0.05, 0.1) is 50.6 Å². The normalized spacial score (nSPS) is 21.7. The quantitative estimate of drug-likeness (QED) is 0.223. The van der Waals surface area contributed by atoms with Gasteiger partial charge in [0.25, 0.3) is 11.8 Å². The van der Waals surface area contributed by atoms with Crippen molar-refractivity contribution in [3.05, 3.63) is 129 Å². The van der Waals surface area contributed by atoms with Crippen LogP contribution in [0.25, 0.3) is 0 Å². The predicted octanol–water partition coefficient (Wildman–Crippen LogP) is 5.58. The maximum atomic E-state index is 14.0. The van der Waals surface area contributed by atoms with Crippen LogP contribution < -0.4 is 9.47 Å². The molecule has 4 aromatic rings. The van der Waals surface area contributed by atoms with Gasteiger partial charge in [0.1, 0.15) is 70.8 Å². The molecule has 16 heteroatoms. The van der Waals surface area contributed by atoms with E-state index in [1.165, 1.54) is 9.80 Å². The number of halogens is 6. The summed E-state index contributed by atoms with van der Waals surface area (Å²) >= 11 is 0. The van der Waals surface area contributed by atoms with Crippen LogP contribution in [0.3, 0.4) is 0 Å². The summed E-state index contributed by atoms with van der Waals surface area (Å²) in [5.74, 6) is -6.42. The Kier molecular flexibility index (Phi) is 11.5. The van der Waals surface area contributed by atoms with Crippen molar-refractivity contribution in [2.24, 2.45) is 0 Å². The Bertz CT molecular complexity index is 1940. The summed E-state index contributed by atoms with van der Waals surface area (Å²) in [6.07, 6.45) is -1.66. The first-order chi connectivity index (χ1) is 26.9. The highest BCUT2D eigenvalue weighted by molar-refractivity contribution is 6.01. The number of benzene rings is 4. The Morgan fingerprint density at radius 3 is 1.34 bits per heavy atom. The molecule has 4 aliphatic heterocycles. The number of ether oxygens (including phenoxy) is 4. The molecule has 56 heavy (non-hydrogen) atoms. The Morgan fingerprint density at radius 1 is 0.607 bits per heavy atom. The van der Waals surface area contributed by atoms with Crippen molar-refractivity contribution in [2.75, 3.05) is 26.4 Å². The molecule has 0 spiro atoms. The van der Waals surface area contributed by atoms with Crippen LogP contribution in [-0.4, -0.2) is 82.7 Å². The summed E-state index contributed by atoms with van der Waals surface area (Å²) in [4.78, 5) is 28.3. The summed E-state index contributed by atoms with van der Waals surface area (Å²) < 4.78 is 104. The van der Waals surface area contributed by atoms with Crippen LogP contribution in [0.5, 0.6) is 11.5 Å². The molecule has 2 fully saturated rings. The number of hydrogen-bond donors (Lipinski definition) is 2. The summed E-state index contributed by atoms with van der Waals surface area (Å²) in [7, 11) is 0. The average Bonchev–Trinajstić information content (AvgIpc) is 3.65. The number of rotatable bonds is 8. The minimum absolute atomic E-state index is 0.151. The highest BCUT2D eigenvalue weighted by Gasteiger charge is 2.36. The van der Waals surface area contributed by atoms with E-state index in [0.29, 0.717) is 84.1 Å². The molecule has 2 saturated heterocycles. The van der Waals surface area contributed by atoms with Gasteiger partial charge in [-0.05, 0) is 23.3 Å². The fourth-order valence-corrected chi connectivity index (χ4v) is 7.06. The Hall–Kier alpha value is -5.16. The average molecular weight is 787 g/mol. The highest BCUT2D eigenvalue weighted by atomic mass is 19.2. The maximum absolute atomic E-state index is 14.0. The first kappa shape index (κ1) is 39.1. The molecular formula is C40H36F6N2O8. The molecule has 2 amide bonds. The lowest BCUT2D eigenvalue weighted by atomic mass is 10.1. The van der Waals surface area contributed by atoms with Gasteiger partial charge in [0.15, 0.2) is 0 Å². The SMILES string of the molecule is O=C1c2c(cccc2O[C@@H]2CCOC[C@H]2O)CN1Cc1c(F)cc(F)cc1F.O=C1c2c(cccc2O[C@H]2CCOC[C@@H]2O)CN1Cc1c(F)cc(F)cc1F. The summed E-state index contributed by atoms with van der Waals surface area (Å²) in [6, 6.07) is 12.5. The lowest BCUT2D eigenvalue weighted by Crippen LogP contribution is -2.40. The third kappa shape index (κ3) is 8.19. The summed E-state index contributed by atoms with van der Waals surface area (Å²) in [5, 5.41) is 20.0. The standard InChI is InChI=1S/2C20H18F3NO4/c2*21-12-6-14(22)13(15(23)7-12)9-24-8-11-2-1-3-18(19(11)20(24)26)28-17-4-5-27-10-16(17)25/h2*1-3,6-7,16-17,25H,4-5,8-10H2/t2*16-,17-/m10/s1. The zero-order valence-corrected chi connectivity index (χ0v) is 29.7. The molecule has 4 aliphatic rings. The van der Waals surface area contributed by atoms with Gasteiger partial charge in [0.2, 0.25) is 0 Å². The number of hydrogen-bond acceptors (Lipinski definition) is 8. The van der Waals surface area contributed by atoms with Gasteiger partial charge in [-0.1, -0.05) is 24.3 Å². The van der Waals surface area contributed by atoms with Gasteiger partial charge >= 0.3 is 0 Å². The summed E-state index contributed by atoms with van der Waals surface area (Å²) in [6.45, 7) is 0.844. The van der Waals surface area contributed by atoms with E-state index in [-0.39, 0.29) is 50.5 Å². The second-order valence-corrected chi connectivity index (χ2v) is 13.8. The number of amides is 2. The van der Waals surface area contributed by atoms with Crippen molar-refractivity contribution in [3.63, 3.8) is 0 Å². The minimum atomic E-state index is -1.04. The monoisotopic (exact) mass is 786 g/mol. The van der Waals surface area contributed by atoms with Crippen molar-refractivity contribution in [3.8, 4) is 11.5 Å². The molecule has 2 N–H and O–H groups in total. The highest BCUT2D eigenvalue weighted by Crippen LogP contribution is 2.36. The lowest BCUT2D eigenvalue weighted by Gasteiger charge is -2.28. The van der Waals surface area contributed by atoms with Crippen molar-refractivity contribution in [2.45, 2.75) is 63.4 Å². The molecule has 296 valence electrons. The van der Waals surface area contributed by atoms with Gasteiger partial charge in [-0.2, -0.15) is 0 Å². The predicted molar refractivity (Wildman–Crippen MR) is 184 cm³/mol. The fourth-order valence-electron chi connectivity index (χ4n) is 7.06. The van der Waals surface area contributed by atoms with E-state index in [1.807, 2.05) is 0 Å². The zero-order chi connectivity index (χ0) is 39.7. The van der Waals surface area contributed by atoms with E-state index < -0.39 is 71.1 Å². The maximum Gasteiger partial charge on any atom is 0.258 e. The Morgan fingerprint density at radius 2 is 0.982 bits per heavy atom. The van der Waals surface area contributed by atoms with Gasteiger partial charge in [-0.25, -0.2) is 26.3 Å². The first-order valence-electron chi connectivity index (χ1n) is 17.8. The molecule has 10 nitrogen and oxygen atoms in total. The molecule has 0 aliphatic carbocycles. The zero-order valence-electron chi connectivity index (χ0n) is 29.7. The third-order valence-electron chi connectivity index (χ3n) is 9.94. The molecule has 0 bridgehead atoms. The van der Waals surface area contributed by atoms with Crippen LogP contribution >= 0.6 is 0 Å². The van der Waals surface area contributed by atoms with Crippen LogP contribution in [0.4, 0.5) is 26.3 Å². The van der Waals surface area contributed by atoms with Crippen LogP contribution in [0.15, 0.2) is 60.7 Å². The van der Waals surface area contributed by atoms with E-state index in [9.17, 15) is 46.1 Å². The topological polar surface area (TPSA) is 118 Å². The molecule has 4 atom stereocenters. The van der Waals surface area contributed by atoms with Gasteiger partial charge in [0, 0.05) is 61.3 Å². The largest absolute Gasteiger partial charge is 0.487 e. The molecule has 0 aromatic heterocycles. The Balaban J connectivity index is 0.000000172. The second kappa shape index (κ2) is 16.5. The number of carbonyl (C=O) groups is 2. The molecule has 4 aromatic carbocycles. The molecule has 4 heterocycles.